The summed E-state index contributed by atoms with van der Waals surface area (Å²) in [4.78, 5) is 0. The molecule has 2 aromatic rings. The van der Waals surface area contributed by atoms with Gasteiger partial charge in [-0.2, -0.15) is 0 Å². The minimum atomic E-state index is 0.795. The molecule has 0 saturated carbocycles. The van der Waals surface area contributed by atoms with Gasteiger partial charge in [0.1, 0.15) is 0 Å². The first-order valence-corrected chi connectivity index (χ1v) is 7.61. The summed E-state index contributed by atoms with van der Waals surface area (Å²) in [6.45, 7) is 3.98. The molecule has 0 atom stereocenters. The van der Waals surface area contributed by atoms with Crippen molar-refractivity contribution < 1.29 is 0 Å². The van der Waals surface area contributed by atoms with Crippen LogP contribution in [0.3, 0.4) is 0 Å². The Morgan fingerprint density at radius 2 is 2.15 bits per heavy atom. The zero-order chi connectivity index (χ0) is 13.8. The van der Waals surface area contributed by atoms with Gasteiger partial charge in [0, 0.05) is 6.54 Å². The van der Waals surface area contributed by atoms with Crippen molar-refractivity contribution in [3.63, 3.8) is 0 Å². The van der Waals surface area contributed by atoms with Gasteiger partial charge in [-0.15, -0.1) is 5.10 Å². The second-order valence-electron chi connectivity index (χ2n) is 5.45. The number of hydrogen-bond acceptors (Lipinski definition) is 3. The van der Waals surface area contributed by atoms with Gasteiger partial charge >= 0.3 is 0 Å². The SMILES string of the molecule is CCCNCc1cn(-c2cccc3c2CCCC3)nn1. The fraction of sp³-hybridized carbons (Fsp3) is 0.500. The standard InChI is InChI=1S/C16H22N4/c1-2-10-17-11-14-12-20(19-18-14)16-9-5-7-13-6-3-4-8-15(13)16/h5,7,9,12,17H,2-4,6,8,10-11H2,1H3. The third-order valence-corrected chi connectivity index (χ3v) is 3.89. The van der Waals surface area contributed by atoms with Crippen molar-refractivity contribution >= 4 is 0 Å². The van der Waals surface area contributed by atoms with E-state index in [1.165, 1.54) is 36.1 Å². The second-order valence-corrected chi connectivity index (χ2v) is 5.45. The van der Waals surface area contributed by atoms with Crippen molar-refractivity contribution in [1.29, 1.82) is 0 Å². The molecule has 0 saturated heterocycles. The van der Waals surface area contributed by atoms with Gasteiger partial charge in [-0.05, 0) is 55.8 Å². The number of nitrogens with zero attached hydrogens (tertiary/aromatic N) is 3. The van der Waals surface area contributed by atoms with Gasteiger partial charge < -0.3 is 5.32 Å². The zero-order valence-electron chi connectivity index (χ0n) is 12.1. The van der Waals surface area contributed by atoms with Crippen molar-refractivity contribution in [2.24, 2.45) is 0 Å². The molecule has 106 valence electrons. The summed E-state index contributed by atoms with van der Waals surface area (Å²) < 4.78 is 1.94. The summed E-state index contributed by atoms with van der Waals surface area (Å²) in [6, 6.07) is 6.54. The van der Waals surface area contributed by atoms with Crippen LogP contribution in [0.1, 0.15) is 43.0 Å². The van der Waals surface area contributed by atoms with E-state index < -0.39 is 0 Å². The lowest BCUT2D eigenvalue weighted by atomic mass is 9.90. The fourth-order valence-corrected chi connectivity index (χ4v) is 2.87. The Balaban J connectivity index is 1.82. The smallest absolute Gasteiger partial charge is 0.0969 e. The Kier molecular flexibility index (Phi) is 4.11. The van der Waals surface area contributed by atoms with Crippen molar-refractivity contribution in [2.45, 2.75) is 45.6 Å². The Labute approximate surface area is 120 Å². The van der Waals surface area contributed by atoms with Crippen molar-refractivity contribution in [1.82, 2.24) is 20.3 Å². The van der Waals surface area contributed by atoms with Gasteiger partial charge in [-0.1, -0.05) is 24.3 Å². The first-order chi connectivity index (χ1) is 9.88. The van der Waals surface area contributed by atoms with Crippen LogP contribution in [0, 0.1) is 0 Å². The quantitative estimate of drug-likeness (QED) is 0.849. The highest BCUT2D eigenvalue weighted by Gasteiger charge is 2.14. The normalized spacial score (nSPS) is 14.2. The number of fused-ring (bicyclic) bond motifs is 1. The Morgan fingerprint density at radius 1 is 1.25 bits per heavy atom. The Hall–Kier alpha value is -1.68. The first-order valence-electron chi connectivity index (χ1n) is 7.61. The maximum absolute atomic E-state index is 4.30. The number of aryl methyl sites for hydroxylation is 1. The number of rotatable bonds is 5. The van der Waals surface area contributed by atoms with Crippen molar-refractivity contribution in [3.8, 4) is 5.69 Å². The van der Waals surface area contributed by atoms with Crippen LogP contribution in [0.4, 0.5) is 0 Å². The first kappa shape index (κ1) is 13.3. The van der Waals surface area contributed by atoms with Crippen LogP contribution in [0.15, 0.2) is 24.4 Å². The molecule has 0 unspecified atom stereocenters. The molecule has 0 bridgehead atoms. The predicted molar refractivity (Wildman–Crippen MR) is 80.0 cm³/mol. The number of aromatic nitrogens is 3. The largest absolute Gasteiger partial charge is 0.311 e. The van der Waals surface area contributed by atoms with Gasteiger partial charge in [-0.3, -0.25) is 0 Å². The van der Waals surface area contributed by atoms with Gasteiger partial charge in [0.15, 0.2) is 0 Å². The summed E-state index contributed by atoms with van der Waals surface area (Å²) in [5.41, 5.74) is 5.15. The number of hydrogen-bond donors (Lipinski definition) is 1. The molecule has 3 rings (SSSR count). The monoisotopic (exact) mass is 270 g/mol. The molecule has 20 heavy (non-hydrogen) atoms. The van der Waals surface area contributed by atoms with E-state index in [9.17, 15) is 0 Å². The number of benzene rings is 1. The molecule has 0 amide bonds. The van der Waals surface area contributed by atoms with E-state index >= 15 is 0 Å². The third kappa shape index (κ3) is 2.75. The minimum absolute atomic E-state index is 0.795. The molecular weight excluding hydrogens is 248 g/mol. The summed E-state index contributed by atoms with van der Waals surface area (Å²) in [5, 5.41) is 11.9. The van der Waals surface area contributed by atoms with Crippen LogP contribution in [0.25, 0.3) is 5.69 Å². The molecule has 1 aromatic carbocycles. The average Bonchev–Trinajstić information content (AvgIpc) is 2.96. The van der Waals surface area contributed by atoms with Crippen LogP contribution in [0.5, 0.6) is 0 Å². The highest BCUT2D eigenvalue weighted by atomic mass is 15.4. The molecule has 0 aliphatic heterocycles. The molecule has 4 heteroatoms. The van der Waals surface area contributed by atoms with E-state index in [0.717, 1.165) is 31.6 Å². The summed E-state index contributed by atoms with van der Waals surface area (Å²) in [6.07, 6.45) is 8.13. The van der Waals surface area contributed by atoms with Gasteiger partial charge in [-0.25, -0.2) is 4.68 Å². The molecule has 0 spiro atoms. The molecule has 4 nitrogen and oxygen atoms in total. The molecule has 1 heterocycles. The van der Waals surface area contributed by atoms with Crippen molar-refractivity contribution in [3.05, 3.63) is 41.2 Å². The van der Waals surface area contributed by atoms with Crippen LogP contribution in [-0.2, 0) is 19.4 Å². The lowest BCUT2D eigenvalue weighted by Crippen LogP contribution is -2.13. The maximum Gasteiger partial charge on any atom is 0.0969 e. The highest BCUT2D eigenvalue weighted by molar-refractivity contribution is 5.46. The van der Waals surface area contributed by atoms with Crippen molar-refractivity contribution in [2.75, 3.05) is 6.54 Å². The average molecular weight is 270 g/mol. The third-order valence-electron chi connectivity index (χ3n) is 3.89. The van der Waals surface area contributed by atoms with Crippen LogP contribution < -0.4 is 5.32 Å². The van der Waals surface area contributed by atoms with E-state index in [1.807, 2.05) is 10.9 Å². The Bertz CT molecular complexity index is 574. The van der Waals surface area contributed by atoms with E-state index in [1.54, 1.807) is 0 Å². The van der Waals surface area contributed by atoms with Gasteiger partial charge in [0.05, 0.1) is 17.6 Å². The van der Waals surface area contributed by atoms with E-state index in [-0.39, 0.29) is 0 Å². The van der Waals surface area contributed by atoms with Crippen LogP contribution in [-0.4, -0.2) is 21.5 Å². The second kappa shape index (κ2) is 6.18. The summed E-state index contributed by atoms with van der Waals surface area (Å²) in [5.74, 6) is 0. The molecule has 0 fully saturated rings. The Morgan fingerprint density at radius 3 is 3.05 bits per heavy atom. The van der Waals surface area contributed by atoms with Gasteiger partial charge in [0.25, 0.3) is 0 Å². The van der Waals surface area contributed by atoms with E-state index in [4.69, 9.17) is 0 Å². The fourth-order valence-electron chi connectivity index (χ4n) is 2.87. The molecule has 1 N–H and O–H groups in total. The van der Waals surface area contributed by atoms with Gasteiger partial charge in [0.2, 0.25) is 0 Å². The molecular formula is C16H22N4. The topological polar surface area (TPSA) is 42.7 Å². The highest BCUT2D eigenvalue weighted by Crippen LogP contribution is 2.26. The zero-order valence-corrected chi connectivity index (χ0v) is 12.1. The maximum atomic E-state index is 4.30. The predicted octanol–water partition coefficient (Wildman–Crippen LogP) is 2.65. The lowest BCUT2D eigenvalue weighted by Gasteiger charge is -2.18. The molecule has 1 aromatic heterocycles. The molecule has 1 aliphatic rings. The van der Waals surface area contributed by atoms with E-state index in [0.29, 0.717) is 0 Å². The van der Waals surface area contributed by atoms with Crippen LogP contribution in [0.2, 0.25) is 0 Å². The molecule has 0 radical (unpaired) electrons. The minimum Gasteiger partial charge on any atom is -0.311 e. The summed E-state index contributed by atoms with van der Waals surface area (Å²) in [7, 11) is 0. The lowest BCUT2D eigenvalue weighted by molar-refractivity contribution is 0.661. The number of nitrogens with one attached hydrogen (secondary N) is 1. The van der Waals surface area contributed by atoms with E-state index in [2.05, 4.69) is 40.8 Å². The molecule has 1 aliphatic carbocycles. The summed E-state index contributed by atoms with van der Waals surface area (Å²) >= 11 is 0. The van der Waals surface area contributed by atoms with Crippen LogP contribution >= 0.6 is 0 Å².